The number of rotatable bonds is 4. The van der Waals surface area contributed by atoms with E-state index in [0.29, 0.717) is 11.6 Å². The van der Waals surface area contributed by atoms with Crippen molar-refractivity contribution in [2.75, 3.05) is 5.32 Å². The normalized spacial score (nSPS) is 10.2. The van der Waals surface area contributed by atoms with Crippen LogP contribution in [0, 0.1) is 17.0 Å². The minimum atomic E-state index is -0.454. The molecule has 1 N–H and O–H groups in total. The minimum absolute atomic E-state index is 0.00430. The first-order valence-corrected chi connectivity index (χ1v) is 6.18. The number of nitrogens with zero attached hydrogens (tertiary/aromatic N) is 1. The number of hydrogen-bond donors (Lipinski definition) is 1. The number of nitro benzene ring substituents is 1. The van der Waals surface area contributed by atoms with E-state index >= 15 is 0 Å². The second kappa shape index (κ2) is 5.71. The quantitative estimate of drug-likeness (QED) is 0.673. The molecule has 0 spiro atoms. The highest BCUT2D eigenvalue weighted by Gasteiger charge is 2.09. The number of para-hydroxylation sites is 1. The molecule has 0 unspecified atom stereocenters. The number of nitro groups is 1. The van der Waals surface area contributed by atoms with Gasteiger partial charge in [-0.3, -0.25) is 10.1 Å². The van der Waals surface area contributed by atoms with Crippen molar-refractivity contribution >= 4 is 23.0 Å². The van der Waals surface area contributed by atoms with Crippen LogP contribution in [0.3, 0.4) is 0 Å². The molecule has 0 fully saturated rings. The van der Waals surface area contributed by atoms with Gasteiger partial charge in [0.05, 0.1) is 9.95 Å². The molecular formula is C14H13ClN2O2. The lowest BCUT2D eigenvalue weighted by Crippen LogP contribution is -2.01. The molecule has 0 saturated carbocycles. The van der Waals surface area contributed by atoms with Crippen molar-refractivity contribution in [2.45, 2.75) is 13.5 Å². The summed E-state index contributed by atoms with van der Waals surface area (Å²) in [4.78, 5) is 10.2. The predicted octanol–water partition coefficient (Wildman–Crippen LogP) is 4.17. The van der Waals surface area contributed by atoms with Crippen molar-refractivity contribution in [1.29, 1.82) is 0 Å². The molecule has 0 aliphatic rings. The van der Waals surface area contributed by atoms with Crippen LogP contribution in [0.5, 0.6) is 0 Å². The van der Waals surface area contributed by atoms with E-state index in [1.54, 1.807) is 6.07 Å². The van der Waals surface area contributed by atoms with Gasteiger partial charge in [0, 0.05) is 24.4 Å². The smallest absolute Gasteiger partial charge is 0.270 e. The average molecular weight is 277 g/mol. The van der Waals surface area contributed by atoms with Gasteiger partial charge in [-0.2, -0.15) is 0 Å². The van der Waals surface area contributed by atoms with Crippen molar-refractivity contribution < 1.29 is 4.92 Å². The third-order valence-corrected chi connectivity index (χ3v) is 3.21. The van der Waals surface area contributed by atoms with Gasteiger partial charge in [0.25, 0.3) is 5.69 Å². The Kier molecular flexibility index (Phi) is 4.02. The summed E-state index contributed by atoms with van der Waals surface area (Å²) in [7, 11) is 0. The standard InChI is InChI=1S/C14H13ClN2O2/c1-10-4-2-3-5-14(10)16-9-11-6-7-12(17(18)19)8-13(11)15/h2-8,16H,9H2,1H3. The van der Waals surface area contributed by atoms with E-state index in [1.807, 2.05) is 31.2 Å². The Labute approximate surface area is 116 Å². The first-order valence-electron chi connectivity index (χ1n) is 5.80. The highest BCUT2D eigenvalue weighted by atomic mass is 35.5. The van der Waals surface area contributed by atoms with Crippen molar-refractivity contribution in [1.82, 2.24) is 0 Å². The van der Waals surface area contributed by atoms with Gasteiger partial charge in [-0.1, -0.05) is 29.8 Å². The summed E-state index contributed by atoms with van der Waals surface area (Å²) in [6.45, 7) is 2.54. The van der Waals surface area contributed by atoms with E-state index in [0.717, 1.165) is 16.8 Å². The lowest BCUT2D eigenvalue weighted by atomic mass is 10.1. The zero-order valence-electron chi connectivity index (χ0n) is 10.4. The summed E-state index contributed by atoms with van der Waals surface area (Å²) in [5.41, 5.74) is 3.00. The number of nitrogens with one attached hydrogen (secondary N) is 1. The molecule has 0 bridgehead atoms. The molecule has 0 amide bonds. The molecule has 0 saturated heterocycles. The molecule has 2 aromatic carbocycles. The number of halogens is 1. The Morgan fingerprint density at radius 3 is 2.63 bits per heavy atom. The van der Waals surface area contributed by atoms with Crippen LogP contribution in [0.15, 0.2) is 42.5 Å². The monoisotopic (exact) mass is 276 g/mol. The summed E-state index contributed by atoms with van der Waals surface area (Å²) in [5.74, 6) is 0. The summed E-state index contributed by atoms with van der Waals surface area (Å²) < 4.78 is 0. The first-order chi connectivity index (χ1) is 9.08. The predicted molar refractivity (Wildman–Crippen MR) is 76.6 cm³/mol. The van der Waals surface area contributed by atoms with Crippen LogP contribution >= 0.6 is 11.6 Å². The van der Waals surface area contributed by atoms with Gasteiger partial charge in [0.15, 0.2) is 0 Å². The van der Waals surface area contributed by atoms with Crippen LogP contribution in [-0.4, -0.2) is 4.92 Å². The third kappa shape index (κ3) is 3.23. The Morgan fingerprint density at radius 2 is 2.00 bits per heavy atom. The van der Waals surface area contributed by atoms with Gasteiger partial charge in [-0.05, 0) is 30.2 Å². The first kappa shape index (κ1) is 13.4. The van der Waals surface area contributed by atoms with E-state index in [-0.39, 0.29) is 5.69 Å². The topological polar surface area (TPSA) is 55.2 Å². The molecule has 0 aromatic heterocycles. The molecule has 0 heterocycles. The van der Waals surface area contributed by atoms with Crippen molar-refractivity contribution in [3.63, 3.8) is 0 Å². The lowest BCUT2D eigenvalue weighted by Gasteiger charge is -2.10. The molecule has 5 heteroatoms. The molecule has 2 aromatic rings. The van der Waals surface area contributed by atoms with E-state index in [1.165, 1.54) is 12.1 Å². The van der Waals surface area contributed by atoms with E-state index in [9.17, 15) is 10.1 Å². The highest BCUT2D eigenvalue weighted by Crippen LogP contribution is 2.23. The molecular weight excluding hydrogens is 264 g/mol. The fraction of sp³-hybridized carbons (Fsp3) is 0.143. The maximum absolute atomic E-state index is 10.6. The molecule has 0 aliphatic heterocycles. The Hall–Kier alpha value is -2.07. The van der Waals surface area contributed by atoms with Gasteiger partial charge < -0.3 is 5.32 Å². The van der Waals surface area contributed by atoms with Crippen molar-refractivity contribution in [2.24, 2.45) is 0 Å². The van der Waals surface area contributed by atoms with Crippen LogP contribution in [0.25, 0.3) is 0 Å². The average Bonchev–Trinajstić information content (AvgIpc) is 2.39. The zero-order valence-corrected chi connectivity index (χ0v) is 11.1. The Morgan fingerprint density at radius 1 is 1.26 bits per heavy atom. The molecule has 0 radical (unpaired) electrons. The molecule has 4 nitrogen and oxygen atoms in total. The van der Waals surface area contributed by atoms with Crippen molar-refractivity contribution in [3.8, 4) is 0 Å². The van der Waals surface area contributed by atoms with E-state index in [2.05, 4.69) is 5.32 Å². The number of anilines is 1. The Balaban J connectivity index is 2.12. The van der Waals surface area contributed by atoms with Gasteiger partial charge in [0.2, 0.25) is 0 Å². The second-order valence-electron chi connectivity index (χ2n) is 4.20. The minimum Gasteiger partial charge on any atom is -0.381 e. The third-order valence-electron chi connectivity index (χ3n) is 2.86. The molecule has 98 valence electrons. The van der Waals surface area contributed by atoms with Crippen LogP contribution in [-0.2, 0) is 6.54 Å². The van der Waals surface area contributed by atoms with Crippen LogP contribution in [0.1, 0.15) is 11.1 Å². The lowest BCUT2D eigenvalue weighted by molar-refractivity contribution is -0.384. The molecule has 0 atom stereocenters. The highest BCUT2D eigenvalue weighted by molar-refractivity contribution is 6.31. The molecule has 2 rings (SSSR count). The molecule has 19 heavy (non-hydrogen) atoms. The van der Waals surface area contributed by atoms with Crippen LogP contribution in [0.4, 0.5) is 11.4 Å². The maximum Gasteiger partial charge on any atom is 0.270 e. The van der Waals surface area contributed by atoms with Gasteiger partial charge in [-0.25, -0.2) is 0 Å². The fourth-order valence-corrected chi connectivity index (χ4v) is 2.00. The maximum atomic E-state index is 10.6. The van der Waals surface area contributed by atoms with Crippen LogP contribution < -0.4 is 5.32 Å². The summed E-state index contributed by atoms with van der Waals surface area (Å²) >= 11 is 6.04. The Bertz CT molecular complexity index is 614. The van der Waals surface area contributed by atoms with Gasteiger partial charge in [0.1, 0.15) is 0 Å². The zero-order chi connectivity index (χ0) is 13.8. The van der Waals surface area contributed by atoms with Gasteiger partial charge in [-0.15, -0.1) is 0 Å². The summed E-state index contributed by atoms with van der Waals surface area (Å²) in [5, 5.41) is 14.3. The largest absolute Gasteiger partial charge is 0.381 e. The number of hydrogen-bond acceptors (Lipinski definition) is 3. The van der Waals surface area contributed by atoms with Gasteiger partial charge >= 0.3 is 0 Å². The van der Waals surface area contributed by atoms with Crippen LogP contribution in [0.2, 0.25) is 5.02 Å². The van der Waals surface area contributed by atoms with E-state index < -0.39 is 4.92 Å². The number of non-ortho nitro benzene ring substituents is 1. The number of benzene rings is 2. The summed E-state index contributed by atoms with van der Waals surface area (Å²) in [6, 6.07) is 12.4. The second-order valence-corrected chi connectivity index (χ2v) is 4.61. The number of aryl methyl sites for hydroxylation is 1. The SMILES string of the molecule is Cc1ccccc1NCc1ccc([N+](=O)[O-])cc1Cl. The van der Waals surface area contributed by atoms with E-state index in [4.69, 9.17) is 11.6 Å². The molecule has 0 aliphatic carbocycles. The van der Waals surface area contributed by atoms with Crippen molar-refractivity contribution in [3.05, 3.63) is 68.7 Å². The fourth-order valence-electron chi connectivity index (χ4n) is 1.75. The summed E-state index contributed by atoms with van der Waals surface area (Å²) in [6.07, 6.45) is 0.